The number of aromatic nitrogens is 2. The lowest BCUT2D eigenvalue weighted by atomic mass is 10.2. The molecule has 6 heteroatoms. The van der Waals surface area contributed by atoms with Crippen molar-refractivity contribution in [2.24, 2.45) is 0 Å². The molecule has 0 bridgehead atoms. The molecular formula is C19H18N4O2. The number of anilines is 4. The Morgan fingerprint density at radius 3 is 2.44 bits per heavy atom. The molecule has 1 heterocycles. The molecule has 2 aromatic carbocycles. The lowest BCUT2D eigenvalue weighted by molar-refractivity contribution is 0.0697. The molecule has 0 radical (unpaired) electrons. The summed E-state index contributed by atoms with van der Waals surface area (Å²) in [5.74, 6) is 0.127. The maximum absolute atomic E-state index is 11.1. The van der Waals surface area contributed by atoms with Gasteiger partial charge in [-0.05, 0) is 36.8 Å². The number of hydrogen-bond donors (Lipinski definition) is 3. The molecule has 25 heavy (non-hydrogen) atoms. The van der Waals surface area contributed by atoms with Gasteiger partial charge in [-0.25, -0.2) is 9.78 Å². The average Bonchev–Trinajstić information content (AvgIpc) is 2.62. The van der Waals surface area contributed by atoms with Crippen LogP contribution in [0.25, 0.3) is 0 Å². The minimum absolute atomic E-state index is 0.220. The number of aromatic carboxylic acids is 1. The summed E-state index contributed by atoms with van der Waals surface area (Å²) < 4.78 is 0. The summed E-state index contributed by atoms with van der Waals surface area (Å²) >= 11 is 0. The quantitative estimate of drug-likeness (QED) is 0.625. The van der Waals surface area contributed by atoms with Gasteiger partial charge in [0.15, 0.2) is 0 Å². The topological polar surface area (TPSA) is 87.1 Å². The number of nitrogens with one attached hydrogen (secondary N) is 2. The largest absolute Gasteiger partial charge is 0.478 e. The van der Waals surface area contributed by atoms with E-state index in [1.807, 2.05) is 43.3 Å². The number of aryl methyl sites for hydroxylation is 1. The van der Waals surface area contributed by atoms with Crippen molar-refractivity contribution in [3.8, 4) is 0 Å². The molecule has 3 aromatic rings. The third kappa shape index (κ3) is 4.32. The zero-order valence-corrected chi connectivity index (χ0v) is 13.7. The van der Waals surface area contributed by atoms with Crippen LogP contribution in [0.5, 0.6) is 0 Å². The van der Waals surface area contributed by atoms with E-state index in [1.165, 1.54) is 0 Å². The summed E-state index contributed by atoms with van der Waals surface area (Å²) in [7, 11) is 0. The van der Waals surface area contributed by atoms with Gasteiger partial charge in [-0.1, -0.05) is 31.2 Å². The van der Waals surface area contributed by atoms with E-state index < -0.39 is 5.97 Å². The monoisotopic (exact) mass is 334 g/mol. The van der Waals surface area contributed by atoms with Crippen LogP contribution in [-0.4, -0.2) is 21.0 Å². The number of rotatable bonds is 6. The fourth-order valence-corrected chi connectivity index (χ4v) is 2.33. The van der Waals surface area contributed by atoms with Crippen LogP contribution in [0, 0.1) is 0 Å². The van der Waals surface area contributed by atoms with Crippen molar-refractivity contribution >= 4 is 29.1 Å². The maximum Gasteiger partial charge on any atom is 0.335 e. The first-order valence-electron chi connectivity index (χ1n) is 7.94. The number of para-hydroxylation sites is 1. The van der Waals surface area contributed by atoms with E-state index in [0.29, 0.717) is 17.5 Å². The van der Waals surface area contributed by atoms with Gasteiger partial charge < -0.3 is 15.7 Å². The molecule has 126 valence electrons. The number of hydrogen-bond acceptors (Lipinski definition) is 5. The molecule has 0 aliphatic rings. The van der Waals surface area contributed by atoms with Gasteiger partial charge in [-0.15, -0.1) is 0 Å². The predicted octanol–water partition coefficient (Wildman–Crippen LogP) is 4.22. The molecule has 0 aliphatic carbocycles. The normalized spacial score (nSPS) is 10.3. The average molecular weight is 334 g/mol. The van der Waals surface area contributed by atoms with Gasteiger partial charge in [-0.3, -0.25) is 0 Å². The second-order valence-corrected chi connectivity index (χ2v) is 5.42. The summed E-state index contributed by atoms with van der Waals surface area (Å²) in [5.41, 5.74) is 2.66. The van der Waals surface area contributed by atoms with Crippen LogP contribution in [0.3, 0.4) is 0 Å². The first-order valence-corrected chi connectivity index (χ1v) is 7.94. The van der Waals surface area contributed by atoms with E-state index in [-0.39, 0.29) is 5.56 Å². The lowest BCUT2D eigenvalue weighted by Gasteiger charge is -2.11. The van der Waals surface area contributed by atoms with Gasteiger partial charge in [0.25, 0.3) is 0 Å². The molecule has 0 spiro atoms. The molecule has 0 aliphatic heterocycles. The third-order valence-electron chi connectivity index (χ3n) is 3.55. The van der Waals surface area contributed by atoms with Crippen molar-refractivity contribution < 1.29 is 9.90 Å². The summed E-state index contributed by atoms with van der Waals surface area (Å²) in [6.45, 7) is 2.02. The van der Waals surface area contributed by atoms with E-state index in [4.69, 9.17) is 5.11 Å². The van der Waals surface area contributed by atoms with Crippen molar-refractivity contribution in [2.45, 2.75) is 13.3 Å². The molecule has 0 saturated carbocycles. The van der Waals surface area contributed by atoms with Crippen LogP contribution in [0.4, 0.5) is 23.1 Å². The van der Waals surface area contributed by atoms with Gasteiger partial charge >= 0.3 is 5.97 Å². The van der Waals surface area contributed by atoms with Gasteiger partial charge in [0.05, 0.1) is 5.56 Å². The summed E-state index contributed by atoms with van der Waals surface area (Å²) in [6, 6.07) is 18.1. The predicted molar refractivity (Wildman–Crippen MR) is 97.8 cm³/mol. The number of carbonyl (C=O) groups is 1. The van der Waals surface area contributed by atoms with Crippen molar-refractivity contribution in [3.05, 3.63) is 71.9 Å². The smallest absolute Gasteiger partial charge is 0.335 e. The molecule has 3 N–H and O–H groups in total. The van der Waals surface area contributed by atoms with E-state index in [1.54, 1.807) is 24.3 Å². The molecule has 0 saturated heterocycles. The van der Waals surface area contributed by atoms with Crippen molar-refractivity contribution in [1.82, 2.24) is 9.97 Å². The minimum Gasteiger partial charge on any atom is -0.478 e. The highest BCUT2D eigenvalue weighted by Gasteiger charge is 2.07. The summed E-state index contributed by atoms with van der Waals surface area (Å²) in [5, 5.41) is 15.4. The van der Waals surface area contributed by atoms with Gasteiger partial charge in [0.2, 0.25) is 5.95 Å². The molecule has 0 fully saturated rings. The Morgan fingerprint density at radius 1 is 0.960 bits per heavy atom. The zero-order chi connectivity index (χ0) is 17.6. The highest BCUT2D eigenvalue weighted by atomic mass is 16.4. The molecule has 6 nitrogen and oxygen atoms in total. The second kappa shape index (κ2) is 7.44. The van der Waals surface area contributed by atoms with E-state index in [2.05, 4.69) is 20.6 Å². The van der Waals surface area contributed by atoms with Crippen molar-refractivity contribution in [1.29, 1.82) is 0 Å². The molecule has 0 amide bonds. The molecule has 0 unspecified atom stereocenters. The Labute approximate surface area is 145 Å². The Hall–Kier alpha value is -3.41. The van der Waals surface area contributed by atoms with Crippen LogP contribution in [0.2, 0.25) is 0 Å². The maximum atomic E-state index is 11.1. The highest BCUT2D eigenvalue weighted by Crippen LogP contribution is 2.20. The first kappa shape index (κ1) is 16.4. The Bertz CT molecular complexity index is 882. The van der Waals surface area contributed by atoms with E-state index >= 15 is 0 Å². The molecule has 1 aromatic heterocycles. The minimum atomic E-state index is -0.966. The highest BCUT2D eigenvalue weighted by molar-refractivity contribution is 5.89. The second-order valence-electron chi connectivity index (χ2n) is 5.42. The first-order chi connectivity index (χ1) is 12.1. The Morgan fingerprint density at radius 2 is 1.72 bits per heavy atom. The van der Waals surface area contributed by atoms with Gasteiger partial charge in [0, 0.05) is 23.1 Å². The van der Waals surface area contributed by atoms with E-state index in [9.17, 15) is 4.79 Å². The zero-order valence-electron chi connectivity index (χ0n) is 13.7. The van der Waals surface area contributed by atoms with Crippen LogP contribution < -0.4 is 10.6 Å². The van der Waals surface area contributed by atoms with Crippen molar-refractivity contribution in [2.75, 3.05) is 10.6 Å². The number of nitrogens with zero attached hydrogens (tertiary/aromatic N) is 2. The van der Waals surface area contributed by atoms with Crippen LogP contribution in [-0.2, 0) is 6.42 Å². The summed E-state index contributed by atoms with van der Waals surface area (Å²) in [4.78, 5) is 20.0. The Balaban J connectivity index is 1.87. The third-order valence-corrected chi connectivity index (χ3v) is 3.55. The van der Waals surface area contributed by atoms with Gasteiger partial charge in [0.1, 0.15) is 5.82 Å². The molecule has 0 atom stereocenters. The SMILES string of the molecule is CCc1cc(Nc2cccc(C(=O)O)c2)nc(Nc2ccccc2)n1. The fourth-order valence-electron chi connectivity index (χ4n) is 2.33. The van der Waals surface area contributed by atoms with Crippen LogP contribution >= 0.6 is 0 Å². The molecule has 3 rings (SSSR count). The van der Waals surface area contributed by atoms with Gasteiger partial charge in [-0.2, -0.15) is 4.98 Å². The number of carboxylic acid groups (broad SMARTS) is 1. The summed E-state index contributed by atoms with van der Waals surface area (Å²) in [6.07, 6.45) is 0.760. The number of benzene rings is 2. The van der Waals surface area contributed by atoms with Crippen LogP contribution in [0.15, 0.2) is 60.7 Å². The standard InChI is InChI=1S/C19H18N4O2/c1-2-14-12-17(20-16-10-6-7-13(11-16)18(24)25)23-19(21-14)22-15-8-4-3-5-9-15/h3-12H,2H2,1H3,(H,24,25)(H2,20,21,22,23). The van der Waals surface area contributed by atoms with Crippen LogP contribution in [0.1, 0.15) is 23.0 Å². The lowest BCUT2D eigenvalue weighted by Crippen LogP contribution is -2.04. The molecular weight excluding hydrogens is 316 g/mol. The fraction of sp³-hybridized carbons (Fsp3) is 0.105. The Kier molecular flexibility index (Phi) is 4.89. The number of carboxylic acids is 1. The van der Waals surface area contributed by atoms with E-state index in [0.717, 1.165) is 17.8 Å². The van der Waals surface area contributed by atoms with Crippen molar-refractivity contribution in [3.63, 3.8) is 0 Å².